The molecule has 2 rings (SSSR count). The fraction of sp³-hybridized carbons (Fsp3) is 0.562. The third-order valence-corrected chi connectivity index (χ3v) is 5.91. The number of amides is 2. The molecule has 2 amide bonds. The number of hydrogen-bond donors (Lipinski definition) is 1. The van der Waals surface area contributed by atoms with E-state index in [9.17, 15) is 13.2 Å². The fourth-order valence-electron chi connectivity index (χ4n) is 2.34. The van der Waals surface area contributed by atoms with E-state index < -0.39 is 10.0 Å². The van der Waals surface area contributed by atoms with E-state index >= 15 is 0 Å². The second kappa shape index (κ2) is 7.29. The summed E-state index contributed by atoms with van der Waals surface area (Å²) in [5.41, 5.74) is 0.00933. The molecule has 0 radical (unpaired) electrons. The third-order valence-electron chi connectivity index (χ3n) is 3.75. The van der Waals surface area contributed by atoms with Gasteiger partial charge in [-0.05, 0) is 29.7 Å². The summed E-state index contributed by atoms with van der Waals surface area (Å²) in [7, 11) is -3.55. The highest BCUT2D eigenvalue weighted by Gasteiger charge is 2.30. The van der Waals surface area contributed by atoms with E-state index in [1.54, 1.807) is 17.0 Å². The molecule has 0 bridgehead atoms. The van der Waals surface area contributed by atoms with E-state index in [1.807, 2.05) is 20.8 Å². The van der Waals surface area contributed by atoms with Crippen LogP contribution in [0.1, 0.15) is 20.8 Å². The van der Waals surface area contributed by atoms with Gasteiger partial charge in [-0.3, -0.25) is 0 Å². The van der Waals surface area contributed by atoms with Gasteiger partial charge in [-0.15, -0.1) is 0 Å². The molecule has 134 valence electrons. The molecule has 1 saturated heterocycles. The van der Waals surface area contributed by atoms with E-state index in [-0.39, 0.29) is 29.4 Å². The molecule has 0 saturated carbocycles. The van der Waals surface area contributed by atoms with Gasteiger partial charge in [-0.1, -0.05) is 32.4 Å². The topological polar surface area (TPSA) is 69.7 Å². The van der Waals surface area contributed by atoms with Crippen LogP contribution in [-0.2, 0) is 10.0 Å². The van der Waals surface area contributed by atoms with Gasteiger partial charge in [-0.25, -0.2) is 13.2 Å². The number of sulfonamides is 1. The summed E-state index contributed by atoms with van der Waals surface area (Å²) >= 11 is 5.80. The molecular weight excluding hydrogens is 350 g/mol. The minimum absolute atomic E-state index is 0.00933. The molecule has 24 heavy (non-hydrogen) atoms. The van der Waals surface area contributed by atoms with Crippen LogP contribution in [0, 0.1) is 5.41 Å². The highest BCUT2D eigenvalue weighted by molar-refractivity contribution is 7.89. The standard InChI is InChI=1S/C16H24ClN3O3S/c1-16(2,3)12-18-15(21)19-8-10-20(11-9-19)24(22,23)14-6-4-13(17)5-7-14/h4-7H,8-12H2,1-3H3,(H,18,21). The van der Waals surface area contributed by atoms with Gasteiger partial charge in [0.2, 0.25) is 10.0 Å². The van der Waals surface area contributed by atoms with E-state index in [1.165, 1.54) is 16.4 Å². The van der Waals surface area contributed by atoms with Gasteiger partial charge in [0.15, 0.2) is 0 Å². The van der Waals surface area contributed by atoms with Crippen LogP contribution in [0.15, 0.2) is 29.2 Å². The molecular formula is C16H24ClN3O3S. The van der Waals surface area contributed by atoms with E-state index in [0.29, 0.717) is 24.7 Å². The Morgan fingerprint density at radius 1 is 1.12 bits per heavy atom. The van der Waals surface area contributed by atoms with Crippen molar-refractivity contribution in [3.05, 3.63) is 29.3 Å². The Bertz CT molecular complexity index is 676. The maximum absolute atomic E-state index is 12.6. The number of urea groups is 1. The predicted octanol–water partition coefficient (Wildman–Crippen LogP) is 2.40. The van der Waals surface area contributed by atoms with Crippen molar-refractivity contribution in [3.8, 4) is 0 Å². The number of carbonyl (C=O) groups excluding carboxylic acids is 1. The normalized spacial score (nSPS) is 16.9. The van der Waals surface area contributed by atoms with Gasteiger partial charge in [0.25, 0.3) is 0 Å². The van der Waals surface area contributed by atoms with E-state index in [0.717, 1.165) is 0 Å². The molecule has 1 fully saturated rings. The van der Waals surface area contributed by atoms with Crippen LogP contribution in [0.25, 0.3) is 0 Å². The molecule has 1 aliphatic rings. The number of nitrogens with one attached hydrogen (secondary N) is 1. The van der Waals surface area contributed by atoms with Crippen LogP contribution in [0.2, 0.25) is 5.02 Å². The summed E-state index contributed by atoms with van der Waals surface area (Å²) in [5, 5.41) is 3.38. The lowest BCUT2D eigenvalue weighted by Crippen LogP contribution is -2.53. The van der Waals surface area contributed by atoms with Crippen molar-refractivity contribution >= 4 is 27.7 Å². The number of halogens is 1. The monoisotopic (exact) mass is 373 g/mol. The maximum atomic E-state index is 12.6. The largest absolute Gasteiger partial charge is 0.337 e. The Hall–Kier alpha value is -1.31. The minimum Gasteiger partial charge on any atom is -0.337 e. The molecule has 0 unspecified atom stereocenters. The van der Waals surface area contributed by atoms with Crippen molar-refractivity contribution in [1.82, 2.24) is 14.5 Å². The molecule has 1 N–H and O–H groups in total. The van der Waals surface area contributed by atoms with Crippen LogP contribution < -0.4 is 5.32 Å². The highest BCUT2D eigenvalue weighted by atomic mass is 35.5. The summed E-state index contributed by atoms with van der Waals surface area (Å²) in [5.74, 6) is 0. The highest BCUT2D eigenvalue weighted by Crippen LogP contribution is 2.20. The van der Waals surface area contributed by atoms with Crippen molar-refractivity contribution in [2.75, 3.05) is 32.7 Å². The van der Waals surface area contributed by atoms with Crippen LogP contribution >= 0.6 is 11.6 Å². The fourth-order valence-corrected chi connectivity index (χ4v) is 3.89. The Labute approximate surface area is 148 Å². The first kappa shape index (κ1) is 19.0. The molecule has 0 atom stereocenters. The molecule has 1 aromatic rings. The van der Waals surface area contributed by atoms with Crippen molar-refractivity contribution in [2.45, 2.75) is 25.7 Å². The van der Waals surface area contributed by atoms with Crippen LogP contribution in [0.5, 0.6) is 0 Å². The molecule has 1 aliphatic heterocycles. The van der Waals surface area contributed by atoms with Gasteiger partial charge in [-0.2, -0.15) is 4.31 Å². The SMILES string of the molecule is CC(C)(C)CNC(=O)N1CCN(S(=O)(=O)c2ccc(Cl)cc2)CC1. The first-order chi connectivity index (χ1) is 11.1. The van der Waals surface area contributed by atoms with Gasteiger partial charge >= 0.3 is 6.03 Å². The van der Waals surface area contributed by atoms with Gasteiger partial charge in [0.1, 0.15) is 0 Å². The first-order valence-electron chi connectivity index (χ1n) is 7.88. The Morgan fingerprint density at radius 3 is 2.17 bits per heavy atom. The lowest BCUT2D eigenvalue weighted by atomic mass is 9.97. The number of benzene rings is 1. The summed E-state index contributed by atoms with van der Waals surface area (Å²) in [6.07, 6.45) is 0. The van der Waals surface area contributed by atoms with E-state index in [4.69, 9.17) is 11.6 Å². The zero-order valence-corrected chi connectivity index (χ0v) is 15.8. The van der Waals surface area contributed by atoms with Crippen LogP contribution in [0.3, 0.4) is 0 Å². The van der Waals surface area contributed by atoms with Gasteiger partial charge < -0.3 is 10.2 Å². The quantitative estimate of drug-likeness (QED) is 0.884. The average molecular weight is 374 g/mol. The number of hydrogen-bond acceptors (Lipinski definition) is 3. The van der Waals surface area contributed by atoms with E-state index in [2.05, 4.69) is 5.32 Å². The molecule has 1 heterocycles. The summed E-state index contributed by atoms with van der Waals surface area (Å²) < 4.78 is 26.6. The molecule has 0 aromatic heterocycles. The molecule has 0 spiro atoms. The average Bonchev–Trinajstić information content (AvgIpc) is 2.52. The number of nitrogens with zero attached hydrogens (tertiary/aromatic N) is 2. The van der Waals surface area contributed by atoms with Crippen molar-refractivity contribution in [1.29, 1.82) is 0 Å². The van der Waals surface area contributed by atoms with Crippen molar-refractivity contribution < 1.29 is 13.2 Å². The Morgan fingerprint density at radius 2 is 1.67 bits per heavy atom. The zero-order valence-electron chi connectivity index (χ0n) is 14.3. The molecule has 1 aromatic carbocycles. The maximum Gasteiger partial charge on any atom is 0.317 e. The second-order valence-corrected chi connectivity index (χ2v) is 9.44. The third kappa shape index (κ3) is 4.84. The predicted molar refractivity (Wildman–Crippen MR) is 94.6 cm³/mol. The summed E-state index contributed by atoms with van der Waals surface area (Å²) in [6.45, 7) is 8.04. The smallest absolute Gasteiger partial charge is 0.317 e. The summed E-state index contributed by atoms with van der Waals surface area (Å²) in [6, 6.07) is 5.98. The van der Waals surface area contributed by atoms with Crippen molar-refractivity contribution in [2.24, 2.45) is 5.41 Å². The lowest BCUT2D eigenvalue weighted by Gasteiger charge is -2.34. The molecule has 8 heteroatoms. The lowest BCUT2D eigenvalue weighted by molar-refractivity contribution is 0.169. The van der Waals surface area contributed by atoms with Crippen molar-refractivity contribution in [3.63, 3.8) is 0 Å². The molecule has 0 aliphatic carbocycles. The summed E-state index contributed by atoms with van der Waals surface area (Å²) in [4.78, 5) is 14.0. The molecule has 6 nitrogen and oxygen atoms in total. The second-order valence-electron chi connectivity index (χ2n) is 7.06. The Balaban J connectivity index is 1.94. The van der Waals surface area contributed by atoms with Crippen LogP contribution in [-0.4, -0.2) is 56.4 Å². The zero-order chi connectivity index (χ0) is 18.0. The number of carbonyl (C=O) groups is 1. The minimum atomic E-state index is -3.55. The van der Waals surface area contributed by atoms with Gasteiger partial charge in [0, 0.05) is 37.7 Å². The van der Waals surface area contributed by atoms with Crippen LogP contribution in [0.4, 0.5) is 4.79 Å². The first-order valence-corrected chi connectivity index (χ1v) is 9.70. The van der Waals surface area contributed by atoms with Gasteiger partial charge in [0.05, 0.1) is 4.90 Å². The number of piperazine rings is 1. The number of rotatable bonds is 3. The Kier molecular flexibility index (Phi) is 5.78.